The second-order valence-electron chi connectivity index (χ2n) is 6.22. The molecule has 2 aromatic heterocycles. The van der Waals surface area contributed by atoms with E-state index in [-0.39, 0.29) is 17.2 Å². The predicted molar refractivity (Wildman–Crippen MR) is 104 cm³/mol. The third-order valence-corrected chi connectivity index (χ3v) is 5.27. The maximum absolute atomic E-state index is 12.6. The fourth-order valence-electron chi connectivity index (χ4n) is 2.89. The van der Waals surface area contributed by atoms with Gasteiger partial charge in [-0.15, -0.1) is 0 Å². The summed E-state index contributed by atoms with van der Waals surface area (Å²) < 4.78 is 8.79. The highest BCUT2D eigenvalue weighted by Gasteiger charge is 2.21. The van der Waals surface area contributed by atoms with Gasteiger partial charge in [0.2, 0.25) is 5.91 Å². The van der Waals surface area contributed by atoms with E-state index in [1.165, 1.54) is 0 Å². The molecule has 0 aliphatic heterocycles. The number of imidazole rings is 1. The Bertz CT molecular complexity index is 989. The third-order valence-electron chi connectivity index (χ3n) is 4.39. The molecule has 8 heteroatoms. The van der Waals surface area contributed by atoms with Crippen molar-refractivity contribution in [2.45, 2.75) is 25.9 Å². The number of nitrogens with one attached hydrogen (secondary N) is 1. The largest absolute Gasteiger partial charge is 0.497 e. The summed E-state index contributed by atoms with van der Waals surface area (Å²) in [4.78, 5) is 28.8. The van der Waals surface area contributed by atoms with Gasteiger partial charge in [0.05, 0.1) is 7.11 Å². The molecule has 7 nitrogen and oxygen atoms in total. The van der Waals surface area contributed by atoms with E-state index in [1.54, 1.807) is 23.3 Å². The molecule has 0 bridgehead atoms. The van der Waals surface area contributed by atoms with Crippen LogP contribution in [-0.2, 0) is 18.4 Å². The first kappa shape index (κ1) is 18.9. The molecule has 0 fully saturated rings. The molecule has 3 rings (SSSR count). The van der Waals surface area contributed by atoms with Gasteiger partial charge in [0.15, 0.2) is 0 Å². The number of thiazole rings is 1. The number of hydrogen-bond donors (Lipinski definition) is 1. The number of ether oxygens (including phenoxy) is 1. The van der Waals surface area contributed by atoms with Crippen molar-refractivity contribution in [2.75, 3.05) is 7.11 Å². The minimum atomic E-state index is -0.409. The van der Waals surface area contributed by atoms with E-state index < -0.39 is 6.04 Å². The van der Waals surface area contributed by atoms with Crippen molar-refractivity contribution < 1.29 is 9.53 Å². The molecule has 1 unspecified atom stereocenters. The zero-order chi connectivity index (χ0) is 19.4. The van der Waals surface area contributed by atoms with E-state index in [1.807, 2.05) is 49.0 Å². The van der Waals surface area contributed by atoms with Crippen LogP contribution < -0.4 is 14.9 Å². The van der Waals surface area contributed by atoms with Gasteiger partial charge in [-0.2, -0.15) is 0 Å². The molecule has 0 saturated carbocycles. The van der Waals surface area contributed by atoms with Crippen molar-refractivity contribution in [3.63, 3.8) is 0 Å². The van der Waals surface area contributed by atoms with E-state index in [9.17, 15) is 9.59 Å². The van der Waals surface area contributed by atoms with Crippen LogP contribution in [0.1, 0.15) is 29.5 Å². The summed E-state index contributed by atoms with van der Waals surface area (Å²) in [6.07, 6.45) is 3.74. The fourth-order valence-corrected chi connectivity index (χ4v) is 3.66. The molecular weight excluding hydrogens is 364 g/mol. The lowest BCUT2D eigenvalue weighted by Gasteiger charge is -2.20. The normalized spacial score (nSPS) is 12.0. The highest BCUT2D eigenvalue weighted by molar-refractivity contribution is 7.07. The number of hydrogen-bond acceptors (Lipinski definition) is 5. The Hall–Kier alpha value is -2.87. The quantitative estimate of drug-likeness (QED) is 0.676. The summed E-state index contributed by atoms with van der Waals surface area (Å²) in [6, 6.07) is 7.13. The van der Waals surface area contributed by atoms with Crippen LogP contribution in [0.15, 0.2) is 46.8 Å². The Morgan fingerprint density at radius 2 is 2.22 bits per heavy atom. The molecule has 0 saturated heterocycles. The van der Waals surface area contributed by atoms with E-state index in [0.717, 1.165) is 28.4 Å². The van der Waals surface area contributed by atoms with Gasteiger partial charge < -0.3 is 19.2 Å². The molecule has 1 aromatic carbocycles. The van der Waals surface area contributed by atoms with Crippen LogP contribution in [0.4, 0.5) is 0 Å². The van der Waals surface area contributed by atoms with Gasteiger partial charge in [0, 0.05) is 43.5 Å². The summed E-state index contributed by atoms with van der Waals surface area (Å²) in [7, 11) is 3.49. The lowest BCUT2D eigenvalue weighted by Crippen LogP contribution is -2.32. The molecule has 1 N–H and O–H groups in total. The number of aromatic nitrogens is 3. The highest BCUT2D eigenvalue weighted by Crippen LogP contribution is 2.24. The number of aryl methyl sites for hydroxylation is 2. The Kier molecular flexibility index (Phi) is 5.75. The Morgan fingerprint density at radius 3 is 2.85 bits per heavy atom. The molecule has 0 aliphatic carbocycles. The van der Waals surface area contributed by atoms with E-state index in [4.69, 9.17) is 4.74 Å². The summed E-state index contributed by atoms with van der Waals surface area (Å²) >= 11 is 1.15. The van der Waals surface area contributed by atoms with Gasteiger partial charge in [0.25, 0.3) is 0 Å². The summed E-state index contributed by atoms with van der Waals surface area (Å²) in [5.41, 5.74) is 1.74. The monoisotopic (exact) mass is 386 g/mol. The Balaban J connectivity index is 1.80. The van der Waals surface area contributed by atoms with Crippen LogP contribution in [-0.4, -0.2) is 27.1 Å². The van der Waals surface area contributed by atoms with Gasteiger partial charge in [-0.3, -0.25) is 9.59 Å². The van der Waals surface area contributed by atoms with Crippen LogP contribution in [0.2, 0.25) is 0 Å². The standard InChI is InChI=1S/C19H22N4O3S/c1-13-12-27-19(25)23(13)9-7-16(24)21-17(18-20-8-10-22(18)2)14-5-4-6-15(11-14)26-3/h4-6,8,10-12,17H,7,9H2,1-3H3,(H,21,24). The molecular formula is C19H22N4O3S. The molecule has 0 aliphatic rings. The van der Waals surface area contributed by atoms with Crippen LogP contribution in [0.3, 0.4) is 0 Å². The lowest BCUT2D eigenvalue weighted by molar-refractivity contribution is -0.121. The van der Waals surface area contributed by atoms with E-state index in [2.05, 4.69) is 10.3 Å². The second kappa shape index (κ2) is 8.22. The molecule has 0 spiro atoms. The van der Waals surface area contributed by atoms with Crippen LogP contribution in [0.25, 0.3) is 0 Å². The first-order valence-electron chi connectivity index (χ1n) is 8.55. The highest BCUT2D eigenvalue weighted by atomic mass is 32.1. The average Bonchev–Trinajstić information content (AvgIpc) is 3.23. The van der Waals surface area contributed by atoms with Gasteiger partial charge in [-0.05, 0) is 24.6 Å². The molecule has 27 heavy (non-hydrogen) atoms. The van der Waals surface area contributed by atoms with Crippen molar-refractivity contribution in [3.8, 4) is 5.75 Å². The zero-order valence-electron chi connectivity index (χ0n) is 15.5. The Morgan fingerprint density at radius 1 is 1.41 bits per heavy atom. The van der Waals surface area contributed by atoms with E-state index >= 15 is 0 Å². The molecule has 1 atom stereocenters. The van der Waals surface area contributed by atoms with Crippen LogP contribution >= 0.6 is 11.3 Å². The number of amides is 1. The summed E-state index contributed by atoms with van der Waals surface area (Å²) in [5.74, 6) is 1.28. The molecule has 142 valence electrons. The topological polar surface area (TPSA) is 78.2 Å². The maximum atomic E-state index is 12.6. The van der Waals surface area contributed by atoms with Gasteiger partial charge >= 0.3 is 4.87 Å². The number of nitrogens with zero attached hydrogens (tertiary/aromatic N) is 3. The minimum absolute atomic E-state index is 0.0475. The summed E-state index contributed by atoms with van der Waals surface area (Å²) in [6.45, 7) is 2.22. The van der Waals surface area contributed by atoms with Crippen molar-refractivity contribution >= 4 is 17.2 Å². The number of methoxy groups -OCH3 is 1. The first-order chi connectivity index (χ1) is 13.0. The number of carbonyl (C=O) groups is 1. The average molecular weight is 386 g/mol. The molecule has 0 radical (unpaired) electrons. The number of benzene rings is 1. The SMILES string of the molecule is COc1cccc(C(NC(=O)CCn2c(C)csc2=O)c2nccn2C)c1. The number of rotatable bonds is 7. The maximum Gasteiger partial charge on any atom is 0.307 e. The number of carbonyl (C=O) groups excluding carboxylic acids is 1. The Labute approximate surface area is 161 Å². The van der Waals surface area contributed by atoms with Crippen molar-refractivity contribution in [3.05, 3.63) is 68.8 Å². The molecule has 2 heterocycles. The first-order valence-corrected chi connectivity index (χ1v) is 9.43. The van der Waals surface area contributed by atoms with Gasteiger partial charge in [-0.1, -0.05) is 23.5 Å². The van der Waals surface area contributed by atoms with Crippen molar-refractivity contribution in [2.24, 2.45) is 7.05 Å². The van der Waals surface area contributed by atoms with E-state index in [0.29, 0.717) is 12.3 Å². The van der Waals surface area contributed by atoms with Crippen molar-refractivity contribution in [1.29, 1.82) is 0 Å². The lowest BCUT2D eigenvalue weighted by atomic mass is 10.1. The third kappa shape index (κ3) is 4.28. The van der Waals surface area contributed by atoms with Gasteiger partial charge in [0.1, 0.15) is 17.6 Å². The fraction of sp³-hybridized carbons (Fsp3) is 0.316. The van der Waals surface area contributed by atoms with Crippen LogP contribution in [0.5, 0.6) is 5.75 Å². The summed E-state index contributed by atoms with van der Waals surface area (Å²) in [5, 5.41) is 4.84. The minimum Gasteiger partial charge on any atom is -0.497 e. The van der Waals surface area contributed by atoms with Crippen LogP contribution in [0, 0.1) is 6.92 Å². The zero-order valence-corrected chi connectivity index (χ0v) is 16.3. The second-order valence-corrected chi connectivity index (χ2v) is 7.04. The molecule has 1 amide bonds. The van der Waals surface area contributed by atoms with Crippen molar-refractivity contribution in [1.82, 2.24) is 19.4 Å². The van der Waals surface area contributed by atoms with Gasteiger partial charge in [-0.25, -0.2) is 4.98 Å². The predicted octanol–water partition coefficient (Wildman–Crippen LogP) is 2.26. The molecule has 3 aromatic rings. The smallest absolute Gasteiger partial charge is 0.307 e.